The predicted molar refractivity (Wildman–Crippen MR) is 148 cm³/mol. The Balaban J connectivity index is 1.18. The molecule has 0 saturated heterocycles. The van der Waals surface area contributed by atoms with Crippen LogP contribution in [0.1, 0.15) is 21.7 Å². The van der Waals surface area contributed by atoms with Crippen molar-refractivity contribution in [3.05, 3.63) is 108 Å². The van der Waals surface area contributed by atoms with Crippen LogP contribution in [0, 0.1) is 0 Å². The van der Waals surface area contributed by atoms with Crippen LogP contribution in [-0.2, 0) is 17.9 Å². The first-order valence-electron chi connectivity index (χ1n) is 12.4. The second-order valence-corrected chi connectivity index (χ2v) is 10.4. The normalized spacial score (nSPS) is 15.3. The molecule has 3 heterocycles. The summed E-state index contributed by atoms with van der Waals surface area (Å²) in [6.45, 7) is 1.28. The number of hydrogen-bond donors (Lipinski definition) is 1. The molecule has 6 rings (SSSR count). The molecule has 2 aromatic heterocycles. The lowest BCUT2D eigenvalue weighted by molar-refractivity contribution is -0.119. The van der Waals surface area contributed by atoms with Gasteiger partial charge in [0.05, 0.1) is 12.2 Å². The number of carbonyl (C=O) groups is 2. The maximum Gasteiger partial charge on any atom is 0.291 e. The van der Waals surface area contributed by atoms with Crippen molar-refractivity contribution in [2.75, 3.05) is 17.7 Å². The van der Waals surface area contributed by atoms with Crippen molar-refractivity contribution in [2.45, 2.75) is 24.0 Å². The molecule has 0 fully saturated rings. The maximum atomic E-state index is 13.4. The Labute approximate surface area is 224 Å². The van der Waals surface area contributed by atoms with Crippen molar-refractivity contribution in [3.8, 4) is 0 Å². The zero-order valence-corrected chi connectivity index (χ0v) is 21.6. The molecule has 1 aliphatic heterocycles. The second kappa shape index (κ2) is 10.2. The summed E-state index contributed by atoms with van der Waals surface area (Å²) in [6.07, 6.45) is 3.61. The first-order chi connectivity index (χ1) is 18.5. The highest BCUT2D eigenvalue weighted by Crippen LogP contribution is 2.37. The number of amides is 2. The number of hydrogen-bond acceptors (Lipinski definition) is 5. The Morgan fingerprint density at radius 2 is 1.71 bits per heavy atom. The van der Waals surface area contributed by atoms with E-state index in [1.165, 1.54) is 11.9 Å². The van der Waals surface area contributed by atoms with E-state index in [1.807, 2.05) is 54.6 Å². The summed E-state index contributed by atoms with van der Waals surface area (Å²) in [5, 5.41) is 8.23. The van der Waals surface area contributed by atoms with Gasteiger partial charge in [0, 0.05) is 41.3 Å². The topological polar surface area (TPSA) is 85.1 Å². The number of anilines is 1. The quantitative estimate of drug-likeness (QED) is 0.361. The lowest BCUT2D eigenvalue weighted by Gasteiger charge is -2.21. The molecule has 0 bridgehead atoms. The predicted octanol–water partition coefficient (Wildman–Crippen LogP) is 4.20. The number of rotatable bonds is 6. The third-order valence-electron chi connectivity index (χ3n) is 6.68. The van der Waals surface area contributed by atoms with Gasteiger partial charge >= 0.3 is 0 Å². The summed E-state index contributed by atoms with van der Waals surface area (Å²) in [6, 6.07) is 25.7. The molecular weight excluding hydrogens is 496 g/mol. The molecule has 0 saturated carbocycles. The number of fused-ring (bicyclic) bond motifs is 2. The summed E-state index contributed by atoms with van der Waals surface area (Å²) in [4.78, 5) is 33.1. The van der Waals surface area contributed by atoms with Crippen molar-refractivity contribution in [2.24, 2.45) is 0 Å². The highest BCUT2D eigenvalue weighted by atomic mass is 32.2. The van der Waals surface area contributed by atoms with Crippen LogP contribution in [0.5, 0.6) is 0 Å². The minimum atomic E-state index is -0.697. The molecule has 1 atom stereocenters. The van der Waals surface area contributed by atoms with Gasteiger partial charge in [0.2, 0.25) is 11.7 Å². The van der Waals surface area contributed by atoms with Crippen LogP contribution in [0.2, 0.25) is 0 Å². The van der Waals surface area contributed by atoms with Gasteiger partial charge in [0.25, 0.3) is 5.91 Å². The third-order valence-corrected chi connectivity index (χ3v) is 7.81. The van der Waals surface area contributed by atoms with E-state index >= 15 is 0 Å². The van der Waals surface area contributed by atoms with Gasteiger partial charge in [-0.15, -0.1) is 16.9 Å². The molecule has 0 aliphatic carbocycles. The Kier molecular flexibility index (Phi) is 6.43. The minimum Gasteiger partial charge on any atom is -0.343 e. The van der Waals surface area contributed by atoms with Crippen LogP contribution in [0.25, 0.3) is 10.9 Å². The van der Waals surface area contributed by atoms with E-state index in [4.69, 9.17) is 0 Å². The van der Waals surface area contributed by atoms with E-state index in [0.29, 0.717) is 12.3 Å². The largest absolute Gasteiger partial charge is 0.343 e. The number of aromatic nitrogens is 4. The summed E-state index contributed by atoms with van der Waals surface area (Å²) >= 11 is 1.57. The molecule has 0 unspecified atom stereocenters. The molecule has 5 aromatic rings. The first kappa shape index (κ1) is 24.0. The lowest BCUT2D eigenvalue weighted by atomic mass is 10.2. The number of likely N-dealkylation sites (N-methyl/N-ethyl adjacent to an activating group) is 1. The van der Waals surface area contributed by atoms with E-state index in [-0.39, 0.29) is 11.7 Å². The Morgan fingerprint density at radius 1 is 1.00 bits per heavy atom. The zero-order valence-electron chi connectivity index (χ0n) is 20.8. The fourth-order valence-corrected chi connectivity index (χ4v) is 5.78. The Hall–Kier alpha value is -4.37. The van der Waals surface area contributed by atoms with Crippen LogP contribution < -0.4 is 10.2 Å². The number of benzene rings is 3. The van der Waals surface area contributed by atoms with Crippen molar-refractivity contribution in [1.29, 1.82) is 0 Å². The minimum absolute atomic E-state index is 0.0452. The van der Waals surface area contributed by atoms with Crippen molar-refractivity contribution >= 4 is 40.2 Å². The first-order valence-corrected chi connectivity index (χ1v) is 13.3. The smallest absolute Gasteiger partial charge is 0.291 e. The van der Waals surface area contributed by atoms with Gasteiger partial charge in [-0.3, -0.25) is 9.59 Å². The van der Waals surface area contributed by atoms with Gasteiger partial charge in [0.15, 0.2) is 0 Å². The van der Waals surface area contributed by atoms with Crippen LogP contribution in [0.4, 0.5) is 5.69 Å². The average Bonchev–Trinajstić information content (AvgIpc) is 3.55. The van der Waals surface area contributed by atoms with Gasteiger partial charge in [-0.1, -0.05) is 60.7 Å². The Morgan fingerprint density at radius 3 is 2.45 bits per heavy atom. The molecule has 1 aliphatic rings. The molecule has 38 heavy (non-hydrogen) atoms. The fourth-order valence-electron chi connectivity index (χ4n) is 4.67. The molecule has 190 valence electrons. The number of thioether (sulfide) groups is 1. The highest BCUT2D eigenvalue weighted by Gasteiger charge is 2.31. The maximum absolute atomic E-state index is 13.4. The van der Waals surface area contributed by atoms with Crippen molar-refractivity contribution in [1.82, 2.24) is 24.6 Å². The fraction of sp³-hybridized carbons (Fsp3) is 0.172. The van der Waals surface area contributed by atoms with Gasteiger partial charge in [-0.25, -0.2) is 9.67 Å². The Bertz CT molecular complexity index is 1610. The molecule has 0 radical (unpaired) electrons. The highest BCUT2D eigenvalue weighted by molar-refractivity contribution is 7.99. The molecule has 9 heteroatoms. The van der Waals surface area contributed by atoms with Gasteiger partial charge in [-0.2, -0.15) is 0 Å². The zero-order chi connectivity index (χ0) is 26.1. The van der Waals surface area contributed by atoms with Crippen LogP contribution in [0.15, 0.2) is 96.3 Å². The average molecular weight is 523 g/mol. The number of nitrogens with one attached hydrogen (secondary N) is 1. The van der Waals surface area contributed by atoms with Crippen LogP contribution in [-0.4, -0.2) is 50.0 Å². The van der Waals surface area contributed by atoms with Crippen molar-refractivity contribution < 1.29 is 9.59 Å². The van der Waals surface area contributed by atoms with Gasteiger partial charge < -0.3 is 14.8 Å². The van der Waals surface area contributed by atoms with E-state index in [2.05, 4.69) is 50.4 Å². The van der Waals surface area contributed by atoms with Crippen LogP contribution in [0.3, 0.4) is 0 Å². The number of carbonyl (C=O) groups excluding carboxylic acids is 2. The third kappa shape index (κ3) is 4.80. The van der Waals surface area contributed by atoms with E-state index in [9.17, 15) is 9.59 Å². The standard InChI is InChI=1S/C29H26N6O2S/c1-33-25-14-22-12-13-34(16-20-8-4-2-5-9-20)24(22)15-26(25)38-18-23(29(33)37)31-28(36)27-30-19-35(32-27)17-21-10-6-3-7-11-21/h2-15,19,23H,16-18H2,1H3,(H,31,36)/t23-/m0/s1. The van der Waals surface area contributed by atoms with Gasteiger partial charge in [-0.05, 0) is 29.3 Å². The monoisotopic (exact) mass is 522 g/mol. The summed E-state index contributed by atoms with van der Waals surface area (Å²) in [5.41, 5.74) is 4.23. The molecular formula is C29H26N6O2S. The molecule has 8 nitrogen and oxygen atoms in total. The number of nitrogens with zero attached hydrogens (tertiary/aromatic N) is 5. The van der Waals surface area contributed by atoms with E-state index in [1.54, 1.807) is 28.4 Å². The molecule has 0 spiro atoms. The molecule has 2 amide bonds. The lowest BCUT2D eigenvalue weighted by Crippen LogP contribution is -2.48. The van der Waals surface area contributed by atoms with Crippen molar-refractivity contribution in [3.63, 3.8) is 0 Å². The second-order valence-electron chi connectivity index (χ2n) is 9.29. The van der Waals surface area contributed by atoms with Crippen LogP contribution >= 0.6 is 11.8 Å². The van der Waals surface area contributed by atoms with E-state index in [0.717, 1.165) is 33.6 Å². The summed E-state index contributed by atoms with van der Waals surface area (Å²) in [7, 11) is 1.76. The molecule has 1 N–H and O–H groups in total. The summed E-state index contributed by atoms with van der Waals surface area (Å²) < 4.78 is 3.83. The SMILES string of the molecule is CN1C(=O)[C@@H](NC(=O)c2ncn(Cc3ccccc3)n2)CSc2cc3c(ccn3Cc3ccccc3)cc21. The van der Waals surface area contributed by atoms with E-state index < -0.39 is 11.9 Å². The van der Waals surface area contributed by atoms with Gasteiger partial charge in [0.1, 0.15) is 12.4 Å². The summed E-state index contributed by atoms with van der Waals surface area (Å²) in [5.74, 6) is -0.174. The molecule has 3 aromatic carbocycles.